The molecule has 1 aromatic heterocycles. The predicted octanol–water partition coefficient (Wildman–Crippen LogP) is 4.52. The summed E-state index contributed by atoms with van der Waals surface area (Å²) in [6.07, 6.45) is 5.71. The van der Waals surface area contributed by atoms with E-state index in [2.05, 4.69) is 22.1 Å². The molecule has 2 aromatic rings. The van der Waals surface area contributed by atoms with Gasteiger partial charge in [0.2, 0.25) is 5.91 Å². The largest absolute Gasteiger partial charge is 0.378 e. The molecule has 3 heterocycles. The summed E-state index contributed by atoms with van der Waals surface area (Å²) in [5, 5.41) is 5.91. The molecule has 2 saturated heterocycles. The Balaban J connectivity index is 1.33. The van der Waals surface area contributed by atoms with Gasteiger partial charge in [0.15, 0.2) is 0 Å². The number of para-hydroxylation sites is 2. The number of anilines is 2. The maximum Gasteiger partial charge on any atom is 0.275 e. The third-order valence-corrected chi connectivity index (χ3v) is 7.46. The van der Waals surface area contributed by atoms with E-state index in [0.29, 0.717) is 31.2 Å². The summed E-state index contributed by atoms with van der Waals surface area (Å²) in [7, 11) is 0. The summed E-state index contributed by atoms with van der Waals surface area (Å²) in [5.41, 5.74) is 2.28. The summed E-state index contributed by atoms with van der Waals surface area (Å²) >= 11 is 1.55. The fourth-order valence-electron chi connectivity index (χ4n) is 4.49. The molecule has 33 heavy (non-hydrogen) atoms. The zero-order valence-electron chi connectivity index (χ0n) is 19.4. The molecule has 0 atom stereocenters. The Morgan fingerprint density at radius 1 is 1.12 bits per heavy atom. The van der Waals surface area contributed by atoms with E-state index in [1.807, 2.05) is 34.5 Å². The average molecular weight is 471 g/mol. The Labute approximate surface area is 200 Å². The van der Waals surface area contributed by atoms with E-state index < -0.39 is 0 Å². The van der Waals surface area contributed by atoms with E-state index in [4.69, 9.17) is 4.74 Å². The van der Waals surface area contributed by atoms with Crippen LogP contribution in [0.4, 0.5) is 11.4 Å². The summed E-state index contributed by atoms with van der Waals surface area (Å²) in [4.78, 5) is 34.2. The molecule has 4 rings (SSSR count). The van der Waals surface area contributed by atoms with Gasteiger partial charge in [0, 0.05) is 43.9 Å². The number of likely N-dealkylation sites (tertiary alicyclic amines) is 1. The Kier molecular flexibility index (Phi) is 8.34. The molecule has 0 saturated carbocycles. The Hall–Kier alpha value is -2.45. The summed E-state index contributed by atoms with van der Waals surface area (Å²) in [5.74, 6) is 0.415. The molecule has 1 N–H and O–H groups in total. The van der Waals surface area contributed by atoms with Crippen LogP contribution in [0.3, 0.4) is 0 Å². The number of nitrogens with zero attached hydrogens (tertiary/aromatic N) is 3. The topological polar surface area (TPSA) is 74.8 Å². The first-order chi connectivity index (χ1) is 16.2. The number of carbonyl (C=O) groups is 2. The number of amides is 2. The number of thiazole rings is 1. The minimum absolute atomic E-state index is 0.179. The van der Waals surface area contributed by atoms with Crippen molar-refractivity contribution < 1.29 is 14.3 Å². The van der Waals surface area contributed by atoms with Gasteiger partial charge in [-0.1, -0.05) is 31.9 Å². The highest BCUT2D eigenvalue weighted by Crippen LogP contribution is 2.31. The molecule has 2 aliphatic heterocycles. The number of piperidine rings is 1. The molecule has 2 aliphatic rings. The molecule has 2 fully saturated rings. The predicted molar refractivity (Wildman–Crippen MR) is 132 cm³/mol. The highest BCUT2D eigenvalue weighted by atomic mass is 32.1. The molecule has 0 aliphatic carbocycles. The fourth-order valence-corrected chi connectivity index (χ4v) is 5.46. The second-order valence-corrected chi connectivity index (χ2v) is 9.64. The van der Waals surface area contributed by atoms with Gasteiger partial charge in [-0.15, -0.1) is 11.3 Å². The number of morpholine rings is 1. The van der Waals surface area contributed by atoms with E-state index in [1.165, 1.54) is 0 Å². The molecule has 0 unspecified atom stereocenters. The summed E-state index contributed by atoms with van der Waals surface area (Å²) in [6.45, 7) is 6.73. The number of benzene rings is 1. The van der Waals surface area contributed by atoms with Gasteiger partial charge in [-0.2, -0.15) is 0 Å². The van der Waals surface area contributed by atoms with Gasteiger partial charge in [-0.25, -0.2) is 4.98 Å². The standard InChI is InChI=1S/C25H34N4O3S/c1-2-3-4-9-23(30)29-12-10-19(11-13-29)25-27-21(18-33-25)24(31)26-20-7-5-6-8-22(20)28-14-16-32-17-15-28/h5-8,18-19H,2-4,9-17H2,1H3,(H,26,31). The maximum atomic E-state index is 12.9. The molecule has 0 radical (unpaired) electrons. The van der Waals surface area contributed by atoms with Gasteiger partial charge in [-0.05, 0) is 31.4 Å². The van der Waals surface area contributed by atoms with Crippen LogP contribution in [0.15, 0.2) is 29.6 Å². The maximum absolute atomic E-state index is 12.9. The fraction of sp³-hybridized carbons (Fsp3) is 0.560. The number of nitrogens with one attached hydrogen (secondary N) is 1. The summed E-state index contributed by atoms with van der Waals surface area (Å²) in [6, 6.07) is 7.89. The lowest BCUT2D eigenvalue weighted by atomic mass is 9.97. The smallest absolute Gasteiger partial charge is 0.275 e. The molecule has 8 heteroatoms. The minimum atomic E-state index is -0.179. The van der Waals surface area contributed by atoms with Gasteiger partial charge in [0.1, 0.15) is 5.69 Å². The third kappa shape index (κ3) is 6.12. The average Bonchev–Trinajstić information content (AvgIpc) is 3.36. The van der Waals surface area contributed by atoms with E-state index in [1.54, 1.807) is 11.3 Å². The molecule has 7 nitrogen and oxygen atoms in total. The summed E-state index contributed by atoms with van der Waals surface area (Å²) < 4.78 is 5.45. The minimum Gasteiger partial charge on any atom is -0.378 e. The molecule has 178 valence electrons. The SMILES string of the molecule is CCCCCC(=O)N1CCC(c2nc(C(=O)Nc3ccccc3N3CCOCC3)cs2)CC1. The number of aromatic nitrogens is 1. The lowest BCUT2D eigenvalue weighted by Gasteiger charge is -2.31. The number of carbonyl (C=O) groups excluding carboxylic acids is 2. The zero-order valence-corrected chi connectivity index (χ0v) is 20.2. The molecule has 1 aromatic carbocycles. The molecule has 0 spiro atoms. The van der Waals surface area contributed by atoms with Gasteiger partial charge < -0.3 is 19.9 Å². The highest BCUT2D eigenvalue weighted by Gasteiger charge is 2.26. The van der Waals surface area contributed by atoms with Crippen LogP contribution in [0.5, 0.6) is 0 Å². The van der Waals surface area contributed by atoms with Crippen LogP contribution < -0.4 is 10.2 Å². The molecule has 0 bridgehead atoms. The number of hydrogen-bond donors (Lipinski definition) is 1. The van der Waals surface area contributed by atoms with Gasteiger partial charge >= 0.3 is 0 Å². The van der Waals surface area contributed by atoms with E-state index in [-0.39, 0.29) is 11.8 Å². The van der Waals surface area contributed by atoms with E-state index in [9.17, 15) is 9.59 Å². The Bertz CT molecular complexity index is 933. The third-order valence-electron chi connectivity index (χ3n) is 6.45. The number of rotatable bonds is 8. The molecular formula is C25H34N4O3S. The normalized spacial score (nSPS) is 17.2. The van der Waals surface area contributed by atoms with Crippen molar-refractivity contribution in [3.8, 4) is 0 Å². The lowest BCUT2D eigenvalue weighted by Crippen LogP contribution is -2.37. The Morgan fingerprint density at radius 3 is 2.64 bits per heavy atom. The van der Waals surface area contributed by atoms with Crippen molar-refractivity contribution in [1.82, 2.24) is 9.88 Å². The van der Waals surface area contributed by atoms with Crippen molar-refractivity contribution in [3.63, 3.8) is 0 Å². The lowest BCUT2D eigenvalue weighted by molar-refractivity contribution is -0.132. The van der Waals surface area contributed by atoms with Crippen LogP contribution in [-0.4, -0.2) is 61.1 Å². The highest BCUT2D eigenvalue weighted by molar-refractivity contribution is 7.10. The molecule has 2 amide bonds. The van der Waals surface area contributed by atoms with Crippen LogP contribution >= 0.6 is 11.3 Å². The van der Waals surface area contributed by atoms with Crippen molar-refractivity contribution in [2.75, 3.05) is 49.6 Å². The number of hydrogen-bond acceptors (Lipinski definition) is 6. The first-order valence-electron chi connectivity index (χ1n) is 12.1. The van der Waals surface area contributed by atoms with Crippen molar-refractivity contribution in [3.05, 3.63) is 40.3 Å². The second-order valence-electron chi connectivity index (χ2n) is 8.75. The number of unbranched alkanes of at least 4 members (excludes halogenated alkanes) is 2. The van der Waals surface area contributed by atoms with E-state index in [0.717, 1.165) is 74.7 Å². The van der Waals surface area contributed by atoms with Gasteiger partial charge in [0.05, 0.1) is 29.6 Å². The van der Waals surface area contributed by atoms with Crippen LogP contribution in [0.1, 0.15) is 66.9 Å². The monoisotopic (exact) mass is 470 g/mol. The van der Waals surface area contributed by atoms with Crippen molar-refractivity contribution in [2.45, 2.75) is 51.4 Å². The quantitative estimate of drug-likeness (QED) is 0.574. The second kappa shape index (κ2) is 11.6. The Morgan fingerprint density at radius 2 is 1.88 bits per heavy atom. The van der Waals surface area contributed by atoms with Gasteiger partial charge in [0.25, 0.3) is 5.91 Å². The van der Waals surface area contributed by atoms with Gasteiger partial charge in [-0.3, -0.25) is 9.59 Å². The van der Waals surface area contributed by atoms with Crippen LogP contribution in [0.25, 0.3) is 0 Å². The first kappa shape index (κ1) is 23.7. The van der Waals surface area contributed by atoms with Crippen molar-refractivity contribution in [2.24, 2.45) is 0 Å². The van der Waals surface area contributed by atoms with Crippen LogP contribution in [0.2, 0.25) is 0 Å². The number of ether oxygens (including phenoxy) is 1. The van der Waals surface area contributed by atoms with E-state index >= 15 is 0 Å². The van der Waals surface area contributed by atoms with Crippen molar-refractivity contribution >= 4 is 34.5 Å². The first-order valence-corrected chi connectivity index (χ1v) is 13.0. The van der Waals surface area contributed by atoms with Crippen molar-refractivity contribution in [1.29, 1.82) is 0 Å². The molecular weight excluding hydrogens is 436 g/mol. The van der Waals surface area contributed by atoms with Crippen LogP contribution in [0, 0.1) is 0 Å². The van der Waals surface area contributed by atoms with Crippen LogP contribution in [-0.2, 0) is 9.53 Å². The zero-order chi connectivity index (χ0) is 23.0.